The van der Waals surface area contributed by atoms with E-state index in [0.29, 0.717) is 12.3 Å². The summed E-state index contributed by atoms with van der Waals surface area (Å²) in [6, 6.07) is 0. The van der Waals surface area contributed by atoms with Gasteiger partial charge in [0.2, 0.25) is 5.78 Å². The Bertz CT molecular complexity index is 248. The molecule has 1 rings (SSSR count). The molecule has 2 heteroatoms. The molecular formula is C12H20O2. The lowest BCUT2D eigenvalue weighted by Crippen LogP contribution is -2.38. The SMILES string of the molecule is CCC1CC(C(C)(C)C)CC(=O)C1=O. The van der Waals surface area contributed by atoms with Crippen LogP contribution in [-0.4, -0.2) is 11.6 Å². The quantitative estimate of drug-likeness (QED) is 0.604. The molecule has 2 atom stereocenters. The highest BCUT2D eigenvalue weighted by molar-refractivity contribution is 6.38. The predicted octanol–water partition coefficient (Wildman–Crippen LogP) is 2.61. The first kappa shape index (κ1) is 11.4. The van der Waals surface area contributed by atoms with Gasteiger partial charge in [-0.2, -0.15) is 0 Å². The van der Waals surface area contributed by atoms with Gasteiger partial charge in [0.15, 0.2) is 5.78 Å². The number of carbonyl (C=O) groups is 2. The van der Waals surface area contributed by atoms with Gasteiger partial charge in [0.1, 0.15) is 0 Å². The van der Waals surface area contributed by atoms with Crippen molar-refractivity contribution in [1.29, 1.82) is 0 Å². The Balaban J connectivity index is 2.78. The van der Waals surface area contributed by atoms with Crippen LogP contribution in [0.5, 0.6) is 0 Å². The summed E-state index contributed by atoms with van der Waals surface area (Å²) in [6.07, 6.45) is 2.15. The van der Waals surface area contributed by atoms with Gasteiger partial charge < -0.3 is 0 Å². The number of Topliss-reactive ketones (excluding diaryl/α,β-unsaturated/α-hetero) is 2. The Labute approximate surface area is 86.1 Å². The van der Waals surface area contributed by atoms with E-state index in [1.54, 1.807) is 0 Å². The minimum absolute atomic E-state index is 0.0134. The molecule has 1 aliphatic rings. The van der Waals surface area contributed by atoms with Gasteiger partial charge in [0.05, 0.1) is 0 Å². The molecule has 0 aromatic rings. The van der Waals surface area contributed by atoms with E-state index in [1.807, 2.05) is 6.92 Å². The Morgan fingerprint density at radius 3 is 2.29 bits per heavy atom. The largest absolute Gasteiger partial charge is 0.291 e. The average Bonchev–Trinajstić information content (AvgIpc) is 2.07. The molecule has 0 N–H and O–H groups in total. The zero-order valence-corrected chi connectivity index (χ0v) is 9.59. The number of hydrogen-bond donors (Lipinski definition) is 0. The minimum atomic E-state index is -0.150. The van der Waals surface area contributed by atoms with E-state index >= 15 is 0 Å². The van der Waals surface area contributed by atoms with Crippen LogP contribution in [-0.2, 0) is 9.59 Å². The van der Waals surface area contributed by atoms with Gasteiger partial charge in [0, 0.05) is 12.3 Å². The Morgan fingerprint density at radius 2 is 1.86 bits per heavy atom. The van der Waals surface area contributed by atoms with Crippen molar-refractivity contribution in [2.75, 3.05) is 0 Å². The van der Waals surface area contributed by atoms with Crippen LogP contribution < -0.4 is 0 Å². The molecule has 2 unspecified atom stereocenters. The highest BCUT2D eigenvalue weighted by Gasteiger charge is 2.38. The molecule has 0 aromatic heterocycles. The van der Waals surface area contributed by atoms with E-state index in [1.165, 1.54) is 0 Å². The maximum atomic E-state index is 11.5. The fourth-order valence-corrected chi connectivity index (χ4v) is 2.10. The first-order valence-corrected chi connectivity index (χ1v) is 5.43. The summed E-state index contributed by atoms with van der Waals surface area (Å²) in [6.45, 7) is 8.43. The van der Waals surface area contributed by atoms with E-state index in [0.717, 1.165) is 12.8 Å². The molecule has 1 saturated carbocycles. The van der Waals surface area contributed by atoms with Crippen molar-refractivity contribution < 1.29 is 9.59 Å². The van der Waals surface area contributed by atoms with Crippen LogP contribution >= 0.6 is 0 Å². The zero-order valence-electron chi connectivity index (χ0n) is 9.59. The summed E-state index contributed by atoms with van der Waals surface area (Å²) in [5.41, 5.74) is 0.143. The summed E-state index contributed by atoms with van der Waals surface area (Å²) >= 11 is 0. The molecular weight excluding hydrogens is 176 g/mol. The zero-order chi connectivity index (χ0) is 10.9. The molecule has 0 spiro atoms. The van der Waals surface area contributed by atoms with Crippen LogP contribution in [0.2, 0.25) is 0 Å². The lowest BCUT2D eigenvalue weighted by molar-refractivity contribution is -0.143. The van der Waals surface area contributed by atoms with E-state index in [2.05, 4.69) is 20.8 Å². The van der Waals surface area contributed by atoms with Crippen molar-refractivity contribution in [3.63, 3.8) is 0 Å². The average molecular weight is 196 g/mol. The van der Waals surface area contributed by atoms with Crippen molar-refractivity contribution in [3.05, 3.63) is 0 Å². The van der Waals surface area contributed by atoms with E-state index in [4.69, 9.17) is 0 Å². The second-order valence-electron chi connectivity index (χ2n) is 5.40. The van der Waals surface area contributed by atoms with Crippen molar-refractivity contribution in [3.8, 4) is 0 Å². The van der Waals surface area contributed by atoms with Gasteiger partial charge in [-0.05, 0) is 24.2 Å². The lowest BCUT2D eigenvalue weighted by atomic mass is 9.68. The van der Waals surface area contributed by atoms with E-state index in [-0.39, 0.29) is 22.9 Å². The first-order valence-electron chi connectivity index (χ1n) is 5.43. The Kier molecular flexibility index (Phi) is 3.13. The molecule has 2 nitrogen and oxygen atoms in total. The molecule has 0 aliphatic heterocycles. The number of carbonyl (C=O) groups excluding carboxylic acids is 2. The summed E-state index contributed by atoms with van der Waals surface area (Å²) in [5, 5.41) is 0. The fraction of sp³-hybridized carbons (Fsp3) is 0.833. The second-order valence-corrected chi connectivity index (χ2v) is 5.40. The lowest BCUT2D eigenvalue weighted by Gasteiger charge is -2.35. The topological polar surface area (TPSA) is 34.1 Å². The molecule has 1 aliphatic carbocycles. The van der Waals surface area contributed by atoms with Crippen molar-refractivity contribution in [2.45, 2.75) is 47.0 Å². The van der Waals surface area contributed by atoms with E-state index < -0.39 is 0 Å². The normalized spacial score (nSPS) is 29.4. The molecule has 1 fully saturated rings. The van der Waals surface area contributed by atoms with Crippen LogP contribution in [0.1, 0.15) is 47.0 Å². The third-order valence-electron chi connectivity index (χ3n) is 3.36. The smallest absolute Gasteiger partial charge is 0.201 e. The van der Waals surface area contributed by atoms with E-state index in [9.17, 15) is 9.59 Å². The van der Waals surface area contributed by atoms with Crippen LogP contribution in [0.15, 0.2) is 0 Å². The number of ketones is 2. The van der Waals surface area contributed by atoms with Gasteiger partial charge in [-0.25, -0.2) is 0 Å². The van der Waals surface area contributed by atoms with Gasteiger partial charge in [-0.3, -0.25) is 9.59 Å². The highest BCUT2D eigenvalue weighted by Crippen LogP contribution is 2.38. The van der Waals surface area contributed by atoms with Gasteiger partial charge >= 0.3 is 0 Å². The van der Waals surface area contributed by atoms with Crippen LogP contribution in [0.3, 0.4) is 0 Å². The summed E-state index contributed by atoms with van der Waals surface area (Å²) in [5.74, 6) is 0.0779. The summed E-state index contributed by atoms with van der Waals surface area (Å²) < 4.78 is 0. The first-order chi connectivity index (χ1) is 6.36. The Hall–Kier alpha value is -0.660. The minimum Gasteiger partial charge on any atom is -0.291 e. The molecule has 0 amide bonds. The van der Waals surface area contributed by atoms with Crippen LogP contribution in [0.4, 0.5) is 0 Å². The van der Waals surface area contributed by atoms with Crippen molar-refractivity contribution >= 4 is 11.6 Å². The number of rotatable bonds is 1. The van der Waals surface area contributed by atoms with Gasteiger partial charge in [-0.15, -0.1) is 0 Å². The van der Waals surface area contributed by atoms with Gasteiger partial charge in [0.25, 0.3) is 0 Å². The van der Waals surface area contributed by atoms with Crippen LogP contribution in [0.25, 0.3) is 0 Å². The van der Waals surface area contributed by atoms with Crippen molar-refractivity contribution in [2.24, 2.45) is 17.3 Å². The number of hydrogen-bond acceptors (Lipinski definition) is 2. The second kappa shape index (κ2) is 3.84. The molecule has 0 radical (unpaired) electrons. The predicted molar refractivity (Wildman–Crippen MR) is 56.0 cm³/mol. The summed E-state index contributed by atoms with van der Waals surface area (Å²) in [7, 11) is 0. The van der Waals surface area contributed by atoms with Crippen molar-refractivity contribution in [1.82, 2.24) is 0 Å². The third kappa shape index (κ3) is 2.23. The van der Waals surface area contributed by atoms with Gasteiger partial charge in [-0.1, -0.05) is 27.7 Å². The Morgan fingerprint density at radius 1 is 1.29 bits per heavy atom. The molecule has 80 valence electrons. The molecule has 0 heterocycles. The fourth-order valence-electron chi connectivity index (χ4n) is 2.10. The highest BCUT2D eigenvalue weighted by atomic mass is 16.2. The molecule has 0 bridgehead atoms. The maximum Gasteiger partial charge on any atom is 0.201 e. The molecule has 0 aromatic carbocycles. The van der Waals surface area contributed by atoms with Crippen LogP contribution in [0, 0.1) is 17.3 Å². The molecule has 0 saturated heterocycles. The summed E-state index contributed by atoms with van der Waals surface area (Å²) in [4.78, 5) is 23.0. The third-order valence-corrected chi connectivity index (χ3v) is 3.36. The standard InChI is InChI=1S/C12H20O2/c1-5-8-6-9(12(2,3)4)7-10(13)11(8)14/h8-9H,5-7H2,1-4H3. The monoisotopic (exact) mass is 196 g/mol. The molecule has 14 heavy (non-hydrogen) atoms. The maximum absolute atomic E-state index is 11.5.